The van der Waals surface area contributed by atoms with Gasteiger partial charge in [-0.25, -0.2) is 4.79 Å². The molecular weight excluding hydrogens is 350 g/mol. The third kappa shape index (κ3) is 6.45. The van der Waals surface area contributed by atoms with Crippen LogP contribution in [-0.4, -0.2) is 57.7 Å². The van der Waals surface area contributed by atoms with Gasteiger partial charge in [0, 0.05) is 38.1 Å². The summed E-state index contributed by atoms with van der Waals surface area (Å²) in [6, 6.07) is 4.77. The number of ether oxygens (including phenoxy) is 1. The summed E-state index contributed by atoms with van der Waals surface area (Å²) in [5.41, 5.74) is 7.21. The summed E-state index contributed by atoms with van der Waals surface area (Å²) in [5.74, 6) is -1.10. The van der Waals surface area contributed by atoms with Crippen LogP contribution in [0.2, 0.25) is 0 Å². The van der Waals surface area contributed by atoms with Crippen molar-refractivity contribution in [3.05, 3.63) is 23.8 Å². The van der Waals surface area contributed by atoms with Crippen LogP contribution in [-0.2, 0) is 9.53 Å². The Balaban J connectivity index is 1.94. The fourth-order valence-electron chi connectivity index (χ4n) is 2.90. The maximum atomic E-state index is 11.9. The van der Waals surface area contributed by atoms with Crippen LogP contribution in [0.4, 0.5) is 16.2 Å². The number of amides is 4. The molecule has 1 fully saturated rings. The molecule has 1 aliphatic rings. The molecule has 5 N–H and O–H groups in total. The molecule has 0 aromatic heterocycles. The number of benzene rings is 1. The minimum absolute atomic E-state index is 0.166. The van der Waals surface area contributed by atoms with Crippen LogP contribution >= 0.6 is 0 Å². The Labute approximate surface area is 158 Å². The van der Waals surface area contributed by atoms with E-state index in [-0.39, 0.29) is 6.54 Å². The Morgan fingerprint density at radius 1 is 1.19 bits per heavy atom. The van der Waals surface area contributed by atoms with Crippen molar-refractivity contribution in [1.82, 2.24) is 10.6 Å². The second kappa shape index (κ2) is 10.4. The zero-order valence-electron chi connectivity index (χ0n) is 15.5. The van der Waals surface area contributed by atoms with E-state index >= 15 is 0 Å². The van der Waals surface area contributed by atoms with Crippen molar-refractivity contribution in [2.75, 3.05) is 50.1 Å². The first-order chi connectivity index (χ1) is 13.0. The molecule has 0 saturated carbocycles. The van der Waals surface area contributed by atoms with Crippen LogP contribution < -0.4 is 26.6 Å². The number of nitrogens with zero attached hydrogens (tertiary/aromatic N) is 1. The van der Waals surface area contributed by atoms with Crippen molar-refractivity contribution in [1.29, 1.82) is 0 Å². The number of methoxy groups -OCH3 is 1. The van der Waals surface area contributed by atoms with E-state index < -0.39 is 17.8 Å². The van der Waals surface area contributed by atoms with Crippen molar-refractivity contribution >= 4 is 29.2 Å². The van der Waals surface area contributed by atoms with Gasteiger partial charge in [-0.1, -0.05) is 0 Å². The smallest absolute Gasteiger partial charge is 0.321 e. The highest BCUT2D eigenvalue weighted by Crippen LogP contribution is 2.25. The van der Waals surface area contributed by atoms with E-state index in [9.17, 15) is 14.4 Å². The Morgan fingerprint density at radius 2 is 1.93 bits per heavy atom. The topological polar surface area (TPSA) is 126 Å². The third-order valence-corrected chi connectivity index (χ3v) is 4.27. The number of hydrogen-bond donors (Lipinski definition) is 4. The maximum absolute atomic E-state index is 11.9. The minimum Gasteiger partial charge on any atom is -0.383 e. The van der Waals surface area contributed by atoms with Gasteiger partial charge in [0.2, 0.25) is 5.91 Å². The highest BCUT2D eigenvalue weighted by Gasteiger charge is 2.16. The van der Waals surface area contributed by atoms with Crippen molar-refractivity contribution in [2.24, 2.45) is 5.73 Å². The number of imide groups is 1. The number of nitrogens with one attached hydrogen (secondary N) is 3. The van der Waals surface area contributed by atoms with E-state index in [0.717, 1.165) is 31.6 Å². The normalized spacial score (nSPS) is 13.7. The molecule has 9 nitrogen and oxygen atoms in total. The highest BCUT2D eigenvalue weighted by molar-refractivity contribution is 6.01. The number of rotatable bonds is 8. The number of nitrogens with two attached hydrogens (primary N) is 1. The SMILES string of the molecule is COCCNC(=O)NC(=O)CNc1ccc(N2CCCCC2)cc1C(N)=O. The first kappa shape index (κ1) is 20.5. The second-order valence-electron chi connectivity index (χ2n) is 6.29. The Bertz CT molecular complexity index is 674. The molecule has 0 unspecified atom stereocenters. The summed E-state index contributed by atoms with van der Waals surface area (Å²) in [5, 5.41) is 7.53. The summed E-state index contributed by atoms with van der Waals surface area (Å²) in [6.45, 7) is 2.39. The van der Waals surface area contributed by atoms with Gasteiger partial charge in [-0.15, -0.1) is 0 Å². The van der Waals surface area contributed by atoms with Gasteiger partial charge in [0.25, 0.3) is 5.91 Å². The molecule has 0 bridgehead atoms. The molecule has 9 heteroatoms. The predicted octanol–water partition coefficient (Wildman–Crippen LogP) is 0.660. The minimum atomic E-state index is -0.602. The van der Waals surface area contributed by atoms with Crippen LogP contribution in [0.15, 0.2) is 18.2 Å². The van der Waals surface area contributed by atoms with E-state index in [1.54, 1.807) is 12.1 Å². The number of urea groups is 1. The average molecular weight is 377 g/mol. The summed E-state index contributed by atoms with van der Waals surface area (Å²) in [4.78, 5) is 37.4. The van der Waals surface area contributed by atoms with Gasteiger partial charge in [-0.2, -0.15) is 0 Å². The largest absolute Gasteiger partial charge is 0.383 e. The van der Waals surface area contributed by atoms with Gasteiger partial charge < -0.3 is 26.0 Å². The molecule has 4 amide bonds. The second-order valence-corrected chi connectivity index (χ2v) is 6.29. The molecule has 27 heavy (non-hydrogen) atoms. The van der Waals surface area contributed by atoms with E-state index in [1.807, 2.05) is 6.07 Å². The van der Waals surface area contributed by atoms with Crippen LogP contribution in [0, 0.1) is 0 Å². The lowest BCUT2D eigenvalue weighted by molar-refractivity contribution is -0.118. The van der Waals surface area contributed by atoms with E-state index in [0.29, 0.717) is 24.4 Å². The van der Waals surface area contributed by atoms with E-state index in [2.05, 4.69) is 20.9 Å². The fraction of sp³-hybridized carbons (Fsp3) is 0.500. The Hall–Kier alpha value is -2.81. The van der Waals surface area contributed by atoms with Crippen LogP contribution in [0.25, 0.3) is 0 Å². The number of anilines is 2. The summed E-state index contributed by atoms with van der Waals surface area (Å²) < 4.78 is 4.80. The van der Waals surface area contributed by atoms with E-state index in [1.165, 1.54) is 13.5 Å². The lowest BCUT2D eigenvalue weighted by Gasteiger charge is -2.29. The molecule has 0 radical (unpaired) electrons. The molecule has 2 rings (SSSR count). The number of carbonyl (C=O) groups is 3. The lowest BCUT2D eigenvalue weighted by atomic mass is 10.1. The fourth-order valence-corrected chi connectivity index (χ4v) is 2.90. The quantitative estimate of drug-likeness (QED) is 0.493. The van der Waals surface area contributed by atoms with Gasteiger partial charge in [0.05, 0.1) is 18.7 Å². The lowest BCUT2D eigenvalue weighted by Crippen LogP contribution is -2.43. The summed E-state index contributed by atoms with van der Waals surface area (Å²) in [6.07, 6.45) is 3.46. The molecule has 0 aliphatic carbocycles. The van der Waals surface area contributed by atoms with Crippen molar-refractivity contribution < 1.29 is 19.1 Å². The molecule has 148 valence electrons. The van der Waals surface area contributed by atoms with Crippen LogP contribution in [0.3, 0.4) is 0 Å². The van der Waals surface area contributed by atoms with Gasteiger partial charge in [-0.05, 0) is 37.5 Å². The molecule has 0 atom stereocenters. The summed E-state index contributed by atoms with van der Waals surface area (Å²) >= 11 is 0. The molecule has 1 heterocycles. The number of piperidine rings is 1. The predicted molar refractivity (Wildman–Crippen MR) is 103 cm³/mol. The molecular formula is C18H27N5O4. The molecule has 1 aromatic carbocycles. The third-order valence-electron chi connectivity index (χ3n) is 4.27. The number of primary amides is 1. The van der Waals surface area contributed by atoms with Gasteiger partial charge in [0.15, 0.2) is 0 Å². The summed E-state index contributed by atoms with van der Waals surface area (Å²) in [7, 11) is 1.52. The first-order valence-electron chi connectivity index (χ1n) is 9.00. The van der Waals surface area contributed by atoms with Gasteiger partial charge in [-0.3, -0.25) is 14.9 Å². The monoisotopic (exact) mass is 377 g/mol. The van der Waals surface area contributed by atoms with Gasteiger partial charge >= 0.3 is 6.03 Å². The average Bonchev–Trinajstić information content (AvgIpc) is 2.67. The number of carbonyl (C=O) groups excluding carboxylic acids is 3. The van der Waals surface area contributed by atoms with Crippen molar-refractivity contribution in [3.63, 3.8) is 0 Å². The van der Waals surface area contributed by atoms with Crippen LogP contribution in [0.5, 0.6) is 0 Å². The molecule has 1 saturated heterocycles. The Kier molecular flexibility index (Phi) is 7.87. The zero-order valence-corrected chi connectivity index (χ0v) is 15.5. The molecule has 0 spiro atoms. The first-order valence-corrected chi connectivity index (χ1v) is 9.00. The van der Waals surface area contributed by atoms with Crippen molar-refractivity contribution in [3.8, 4) is 0 Å². The standard InChI is InChI=1S/C18H27N5O4/c1-27-10-7-20-18(26)22-16(24)12-21-15-6-5-13(11-14(15)17(19)25)23-8-3-2-4-9-23/h5-6,11,21H,2-4,7-10,12H2,1H3,(H2,19,25)(H2,20,22,24,26). The highest BCUT2D eigenvalue weighted by atomic mass is 16.5. The molecule has 1 aromatic rings. The maximum Gasteiger partial charge on any atom is 0.321 e. The van der Waals surface area contributed by atoms with Crippen LogP contribution in [0.1, 0.15) is 29.6 Å². The van der Waals surface area contributed by atoms with Gasteiger partial charge in [0.1, 0.15) is 0 Å². The zero-order chi connectivity index (χ0) is 19.6. The van der Waals surface area contributed by atoms with E-state index in [4.69, 9.17) is 10.5 Å². The number of hydrogen-bond acceptors (Lipinski definition) is 6. The Morgan fingerprint density at radius 3 is 2.59 bits per heavy atom. The molecule has 1 aliphatic heterocycles. The van der Waals surface area contributed by atoms with Crippen molar-refractivity contribution in [2.45, 2.75) is 19.3 Å².